The van der Waals surface area contributed by atoms with Crippen LogP contribution in [0.1, 0.15) is 19.8 Å². The molecule has 0 amide bonds. The quantitative estimate of drug-likeness (QED) is 0.297. The average Bonchev–Trinajstić information content (AvgIpc) is 2.46. The van der Waals surface area contributed by atoms with Gasteiger partial charge in [-0.3, -0.25) is 19.2 Å². The van der Waals surface area contributed by atoms with Crippen molar-refractivity contribution in [2.45, 2.75) is 38.1 Å². The minimum atomic E-state index is -1.28. The van der Waals surface area contributed by atoms with Gasteiger partial charge in [0, 0.05) is 6.92 Å². The highest BCUT2D eigenvalue weighted by Gasteiger charge is 2.25. The highest BCUT2D eigenvalue weighted by Crippen LogP contribution is 2.03. The van der Waals surface area contributed by atoms with Gasteiger partial charge in [0.05, 0.1) is 27.1 Å². The summed E-state index contributed by atoms with van der Waals surface area (Å²) in [7, 11) is 2.29. The second-order valence-corrected chi connectivity index (χ2v) is 4.21. The minimum Gasteiger partial charge on any atom is -0.469 e. The summed E-state index contributed by atoms with van der Waals surface area (Å²) in [6.45, 7) is 1.26. The van der Waals surface area contributed by atoms with Crippen LogP contribution in [0.2, 0.25) is 0 Å². The predicted molar refractivity (Wildman–Crippen MR) is 70.9 cm³/mol. The molecule has 0 saturated heterocycles. The number of ether oxygens (including phenoxy) is 4. The highest BCUT2D eigenvalue weighted by molar-refractivity contribution is 5.83. The van der Waals surface area contributed by atoms with Crippen molar-refractivity contribution in [2.24, 2.45) is 11.5 Å². The topological polar surface area (TPSA) is 157 Å². The van der Waals surface area contributed by atoms with E-state index in [2.05, 4.69) is 9.47 Å². The largest absolute Gasteiger partial charge is 0.469 e. The van der Waals surface area contributed by atoms with Crippen LogP contribution in [0.4, 0.5) is 0 Å². The van der Waals surface area contributed by atoms with Crippen molar-refractivity contribution in [3.63, 3.8) is 0 Å². The summed E-state index contributed by atoms with van der Waals surface area (Å²) >= 11 is 0. The Bertz CT molecular complexity index is 387. The van der Waals surface area contributed by atoms with E-state index >= 15 is 0 Å². The number of carbonyl (C=O) groups is 4. The van der Waals surface area contributed by atoms with Crippen LogP contribution in [0.25, 0.3) is 0 Å². The van der Waals surface area contributed by atoms with Crippen LogP contribution in [-0.4, -0.2) is 56.5 Å². The van der Waals surface area contributed by atoms with Crippen molar-refractivity contribution in [3.05, 3.63) is 0 Å². The molecule has 0 spiro atoms. The average molecular weight is 320 g/mol. The molecular weight excluding hydrogens is 300 g/mol. The van der Waals surface area contributed by atoms with Crippen LogP contribution in [0.15, 0.2) is 0 Å². The van der Waals surface area contributed by atoms with Gasteiger partial charge < -0.3 is 30.4 Å². The summed E-state index contributed by atoms with van der Waals surface area (Å²) in [6, 6.07) is -2.50. The number of rotatable bonds is 8. The first-order valence-corrected chi connectivity index (χ1v) is 6.27. The number of nitrogens with two attached hydrogens (primary N) is 2. The maximum absolute atomic E-state index is 11.5. The van der Waals surface area contributed by atoms with Gasteiger partial charge in [-0.2, -0.15) is 0 Å². The van der Waals surface area contributed by atoms with E-state index < -0.39 is 42.3 Å². The van der Waals surface area contributed by atoms with Gasteiger partial charge in [-0.25, -0.2) is 0 Å². The molecular formula is C12H20N2O8. The van der Waals surface area contributed by atoms with Crippen molar-refractivity contribution >= 4 is 23.9 Å². The Morgan fingerprint density at radius 3 is 1.41 bits per heavy atom. The Kier molecular flexibility index (Phi) is 8.72. The Morgan fingerprint density at radius 2 is 1.14 bits per heavy atom. The van der Waals surface area contributed by atoms with Crippen LogP contribution in [0, 0.1) is 0 Å². The zero-order valence-electron chi connectivity index (χ0n) is 12.6. The van der Waals surface area contributed by atoms with E-state index in [4.69, 9.17) is 20.9 Å². The maximum Gasteiger partial charge on any atom is 0.326 e. The summed E-state index contributed by atoms with van der Waals surface area (Å²) < 4.78 is 18.1. The summed E-state index contributed by atoms with van der Waals surface area (Å²) in [6.07, 6.45) is -2.04. The summed E-state index contributed by atoms with van der Waals surface area (Å²) in [4.78, 5) is 45.0. The molecule has 0 bridgehead atoms. The molecule has 0 radical (unpaired) electrons. The van der Waals surface area contributed by atoms with Gasteiger partial charge in [-0.05, 0) is 0 Å². The highest BCUT2D eigenvalue weighted by atomic mass is 16.7. The van der Waals surface area contributed by atoms with Gasteiger partial charge in [0.25, 0.3) is 0 Å². The van der Waals surface area contributed by atoms with Gasteiger partial charge in [0.2, 0.25) is 6.29 Å². The molecule has 126 valence electrons. The molecule has 0 aliphatic carbocycles. The van der Waals surface area contributed by atoms with Crippen molar-refractivity contribution < 1.29 is 38.1 Å². The summed E-state index contributed by atoms with van der Waals surface area (Å²) in [5, 5.41) is 0. The van der Waals surface area contributed by atoms with E-state index in [9.17, 15) is 19.2 Å². The van der Waals surface area contributed by atoms with Crippen molar-refractivity contribution in [2.75, 3.05) is 14.2 Å². The lowest BCUT2D eigenvalue weighted by molar-refractivity contribution is -0.187. The molecule has 0 saturated carbocycles. The monoisotopic (exact) mass is 320 g/mol. The molecule has 0 fully saturated rings. The van der Waals surface area contributed by atoms with Gasteiger partial charge in [-0.1, -0.05) is 0 Å². The summed E-state index contributed by atoms with van der Waals surface area (Å²) in [5.41, 5.74) is 10.8. The first-order valence-electron chi connectivity index (χ1n) is 6.27. The van der Waals surface area contributed by atoms with Gasteiger partial charge in [-0.15, -0.1) is 0 Å². The number of hydrogen-bond donors (Lipinski definition) is 2. The lowest BCUT2D eigenvalue weighted by Gasteiger charge is -2.18. The van der Waals surface area contributed by atoms with E-state index in [0.29, 0.717) is 0 Å². The molecule has 0 aromatic heterocycles. The van der Waals surface area contributed by atoms with Crippen LogP contribution in [-0.2, 0) is 38.1 Å². The Hall–Kier alpha value is -2.20. The fraction of sp³-hybridized carbons (Fsp3) is 0.667. The zero-order valence-corrected chi connectivity index (χ0v) is 12.6. The van der Waals surface area contributed by atoms with Crippen LogP contribution >= 0.6 is 0 Å². The molecule has 0 heterocycles. The number of hydrogen-bond acceptors (Lipinski definition) is 10. The van der Waals surface area contributed by atoms with Crippen LogP contribution in [0.3, 0.4) is 0 Å². The van der Waals surface area contributed by atoms with Gasteiger partial charge >= 0.3 is 23.9 Å². The third-order valence-electron chi connectivity index (χ3n) is 2.40. The van der Waals surface area contributed by atoms with E-state index in [1.165, 1.54) is 6.92 Å². The molecule has 0 aliphatic heterocycles. The fourth-order valence-electron chi connectivity index (χ4n) is 1.22. The molecule has 22 heavy (non-hydrogen) atoms. The molecule has 0 aromatic carbocycles. The number of methoxy groups -OCH3 is 2. The second-order valence-electron chi connectivity index (χ2n) is 4.21. The standard InChI is InChI=1S/C12H20N2O8/c1-6(21-11(17)7(13)4-9(15)19-2)22-12(18)8(14)5-10(16)20-3/h6-8H,4-5,13-14H2,1-3H3/t7-,8-/m0/s1. The van der Waals surface area contributed by atoms with Gasteiger partial charge in [0.15, 0.2) is 0 Å². The van der Waals surface area contributed by atoms with Crippen LogP contribution < -0.4 is 11.5 Å². The normalized spacial score (nSPS) is 13.0. The third-order valence-corrected chi connectivity index (χ3v) is 2.40. The van der Waals surface area contributed by atoms with Crippen molar-refractivity contribution in [1.29, 1.82) is 0 Å². The Balaban J connectivity index is 4.29. The van der Waals surface area contributed by atoms with Gasteiger partial charge in [0.1, 0.15) is 12.1 Å². The maximum atomic E-state index is 11.5. The third kappa shape index (κ3) is 7.55. The van der Waals surface area contributed by atoms with E-state index in [0.717, 1.165) is 14.2 Å². The molecule has 0 rings (SSSR count). The Morgan fingerprint density at radius 1 is 0.818 bits per heavy atom. The van der Waals surface area contributed by atoms with Crippen molar-refractivity contribution in [3.8, 4) is 0 Å². The first-order chi connectivity index (χ1) is 10.2. The second kappa shape index (κ2) is 9.68. The smallest absolute Gasteiger partial charge is 0.326 e. The van der Waals surface area contributed by atoms with Crippen molar-refractivity contribution in [1.82, 2.24) is 0 Å². The molecule has 4 N–H and O–H groups in total. The lowest BCUT2D eigenvalue weighted by atomic mass is 10.2. The summed E-state index contributed by atoms with van der Waals surface area (Å²) in [5.74, 6) is -3.28. The predicted octanol–water partition coefficient (Wildman–Crippen LogP) is -1.80. The molecule has 2 atom stereocenters. The Labute approximate surface area is 127 Å². The van der Waals surface area contributed by atoms with Crippen LogP contribution in [0.5, 0.6) is 0 Å². The SMILES string of the molecule is COC(=O)C[C@H](N)C(=O)OC(C)OC(=O)[C@@H](N)CC(=O)OC. The van der Waals surface area contributed by atoms with E-state index in [1.807, 2.05) is 0 Å². The minimum absolute atomic E-state index is 0.377. The molecule has 10 nitrogen and oxygen atoms in total. The molecule has 0 aromatic rings. The first kappa shape index (κ1) is 19.8. The molecule has 10 heteroatoms. The lowest BCUT2D eigenvalue weighted by Crippen LogP contribution is -2.40. The van der Waals surface area contributed by atoms with E-state index in [-0.39, 0.29) is 12.8 Å². The number of esters is 4. The zero-order chi connectivity index (χ0) is 17.3. The number of carbonyl (C=O) groups excluding carboxylic acids is 4. The fourth-order valence-corrected chi connectivity index (χ4v) is 1.22. The molecule has 0 unspecified atom stereocenters. The van der Waals surface area contributed by atoms with E-state index in [1.54, 1.807) is 0 Å². The molecule has 0 aliphatic rings.